The van der Waals surface area contributed by atoms with Gasteiger partial charge in [-0.1, -0.05) is 28.1 Å². The van der Waals surface area contributed by atoms with Gasteiger partial charge in [0.2, 0.25) is 0 Å². The summed E-state index contributed by atoms with van der Waals surface area (Å²) in [6, 6.07) is 12.2. The van der Waals surface area contributed by atoms with E-state index in [4.69, 9.17) is 4.42 Å². The van der Waals surface area contributed by atoms with Crippen LogP contribution in [0.4, 0.5) is 0 Å². The Morgan fingerprint density at radius 2 is 2.00 bits per heavy atom. The van der Waals surface area contributed by atoms with Crippen molar-refractivity contribution in [2.45, 2.75) is 25.5 Å². The van der Waals surface area contributed by atoms with E-state index in [-0.39, 0.29) is 6.10 Å². The predicted octanol–water partition coefficient (Wildman–Crippen LogP) is 3.67. The Bertz CT molecular complexity index is 573. The van der Waals surface area contributed by atoms with Crippen molar-refractivity contribution in [3.63, 3.8) is 0 Å². The molecule has 1 aromatic carbocycles. The molecule has 0 radical (unpaired) electrons. The lowest BCUT2D eigenvalue weighted by atomic mass is 10.1. The summed E-state index contributed by atoms with van der Waals surface area (Å²) in [5, 5.41) is 9.52. The maximum atomic E-state index is 9.52. The fourth-order valence-electron chi connectivity index (χ4n) is 2.56. The van der Waals surface area contributed by atoms with Crippen LogP contribution in [0.15, 0.2) is 45.3 Å². The maximum Gasteiger partial charge on any atom is 0.134 e. The minimum absolute atomic E-state index is 0.125. The highest BCUT2D eigenvalue weighted by atomic mass is 79.9. The molecule has 3 nitrogen and oxygen atoms in total. The van der Waals surface area contributed by atoms with Gasteiger partial charge in [-0.2, -0.15) is 0 Å². The van der Waals surface area contributed by atoms with E-state index in [2.05, 4.69) is 26.9 Å². The Balaban J connectivity index is 1.68. The van der Waals surface area contributed by atoms with Crippen LogP contribution in [0.5, 0.6) is 0 Å². The van der Waals surface area contributed by atoms with Crippen LogP contribution in [0.2, 0.25) is 0 Å². The molecule has 1 aliphatic heterocycles. The van der Waals surface area contributed by atoms with E-state index in [0.717, 1.165) is 54.0 Å². The molecule has 1 N–H and O–H groups in total. The molecule has 1 saturated heterocycles. The highest BCUT2D eigenvalue weighted by molar-refractivity contribution is 9.10. The van der Waals surface area contributed by atoms with Gasteiger partial charge in [-0.15, -0.1) is 0 Å². The highest BCUT2D eigenvalue weighted by Gasteiger charge is 2.18. The van der Waals surface area contributed by atoms with Crippen LogP contribution in [0.25, 0.3) is 11.3 Å². The summed E-state index contributed by atoms with van der Waals surface area (Å²) in [6.45, 7) is 2.70. The van der Waals surface area contributed by atoms with Crippen molar-refractivity contribution in [2.24, 2.45) is 0 Å². The maximum absolute atomic E-state index is 9.52. The van der Waals surface area contributed by atoms with Gasteiger partial charge in [0.25, 0.3) is 0 Å². The number of likely N-dealkylation sites (tertiary alicyclic amines) is 1. The van der Waals surface area contributed by atoms with E-state index in [1.807, 2.05) is 30.3 Å². The minimum Gasteiger partial charge on any atom is -0.460 e. The Hall–Kier alpha value is -1.10. The zero-order valence-electron chi connectivity index (χ0n) is 11.3. The molecule has 0 amide bonds. The molecule has 3 rings (SSSR count). The predicted molar refractivity (Wildman–Crippen MR) is 82.4 cm³/mol. The molecule has 1 fully saturated rings. The molecule has 4 heteroatoms. The lowest BCUT2D eigenvalue weighted by molar-refractivity contribution is 0.0761. The van der Waals surface area contributed by atoms with Crippen molar-refractivity contribution in [1.29, 1.82) is 0 Å². The minimum atomic E-state index is -0.125. The van der Waals surface area contributed by atoms with Gasteiger partial charge in [0.05, 0.1) is 12.6 Å². The Kier molecular flexibility index (Phi) is 4.24. The molecular formula is C16H18BrNO2. The summed E-state index contributed by atoms with van der Waals surface area (Å²) in [7, 11) is 0. The fourth-order valence-corrected chi connectivity index (χ4v) is 2.96. The summed E-state index contributed by atoms with van der Waals surface area (Å²) in [5.74, 6) is 1.88. The third-order valence-electron chi connectivity index (χ3n) is 3.71. The average molecular weight is 336 g/mol. The van der Waals surface area contributed by atoms with E-state index in [1.165, 1.54) is 0 Å². The first-order valence-electron chi connectivity index (χ1n) is 6.96. The smallest absolute Gasteiger partial charge is 0.134 e. The van der Waals surface area contributed by atoms with E-state index in [1.54, 1.807) is 0 Å². The van der Waals surface area contributed by atoms with Crippen molar-refractivity contribution in [1.82, 2.24) is 4.90 Å². The number of rotatable bonds is 3. The summed E-state index contributed by atoms with van der Waals surface area (Å²) in [4.78, 5) is 2.33. The number of piperidine rings is 1. The number of halogens is 1. The molecule has 0 atom stereocenters. The van der Waals surface area contributed by atoms with Gasteiger partial charge in [-0.25, -0.2) is 0 Å². The lowest BCUT2D eigenvalue weighted by Gasteiger charge is -2.28. The molecule has 106 valence electrons. The van der Waals surface area contributed by atoms with Gasteiger partial charge >= 0.3 is 0 Å². The van der Waals surface area contributed by atoms with Crippen molar-refractivity contribution < 1.29 is 9.52 Å². The molecule has 0 unspecified atom stereocenters. The summed E-state index contributed by atoms with van der Waals surface area (Å²) in [6.07, 6.45) is 1.60. The van der Waals surface area contributed by atoms with Crippen LogP contribution in [0.3, 0.4) is 0 Å². The normalized spacial score (nSPS) is 17.5. The SMILES string of the molecule is OC1CCN(Cc2ccc(-c3cccc(Br)c3)o2)CC1. The first-order valence-corrected chi connectivity index (χ1v) is 7.75. The molecule has 0 aliphatic carbocycles. The quantitative estimate of drug-likeness (QED) is 0.929. The van der Waals surface area contributed by atoms with E-state index >= 15 is 0 Å². The second kappa shape index (κ2) is 6.12. The Labute approximate surface area is 127 Å². The van der Waals surface area contributed by atoms with Crippen molar-refractivity contribution in [2.75, 3.05) is 13.1 Å². The van der Waals surface area contributed by atoms with Crippen LogP contribution in [0.1, 0.15) is 18.6 Å². The summed E-state index contributed by atoms with van der Waals surface area (Å²) in [5.41, 5.74) is 1.08. The van der Waals surface area contributed by atoms with Crippen molar-refractivity contribution in [3.8, 4) is 11.3 Å². The number of furan rings is 1. The molecule has 20 heavy (non-hydrogen) atoms. The van der Waals surface area contributed by atoms with Gasteiger partial charge in [0.15, 0.2) is 0 Å². The number of benzene rings is 1. The van der Waals surface area contributed by atoms with Gasteiger partial charge in [0.1, 0.15) is 11.5 Å². The first-order chi connectivity index (χ1) is 9.70. The third kappa shape index (κ3) is 3.32. The first kappa shape index (κ1) is 13.9. The number of aliphatic hydroxyl groups excluding tert-OH is 1. The molecule has 1 aliphatic rings. The summed E-state index contributed by atoms with van der Waals surface area (Å²) >= 11 is 3.48. The number of nitrogens with zero attached hydrogens (tertiary/aromatic N) is 1. The standard InChI is InChI=1S/C16H18BrNO2/c17-13-3-1-2-12(10-13)16-5-4-15(20-16)11-18-8-6-14(19)7-9-18/h1-5,10,14,19H,6-9,11H2. The van der Waals surface area contributed by atoms with E-state index < -0.39 is 0 Å². The Morgan fingerprint density at radius 1 is 1.20 bits per heavy atom. The van der Waals surface area contributed by atoms with Gasteiger partial charge in [0, 0.05) is 23.1 Å². The highest BCUT2D eigenvalue weighted by Crippen LogP contribution is 2.26. The number of aliphatic hydroxyl groups is 1. The lowest BCUT2D eigenvalue weighted by Crippen LogP contribution is -2.35. The molecule has 1 aromatic heterocycles. The van der Waals surface area contributed by atoms with E-state index in [0.29, 0.717) is 0 Å². The molecular weight excluding hydrogens is 318 g/mol. The molecule has 2 heterocycles. The second-order valence-corrected chi connectivity index (χ2v) is 6.20. The Morgan fingerprint density at radius 3 is 2.75 bits per heavy atom. The van der Waals surface area contributed by atoms with Crippen LogP contribution in [-0.4, -0.2) is 29.2 Å². The zero-order chi connectivity index (χ0) is 13.9. The van der Waals surface area contributed by atoms with Crippen LogP contribution in [0, 0.1) is 0 Å². The monoisotopic (exact) mass is 335 g/mol. The third-order valence-corrected chi connectivity index (χ3v) is 4.20. The molecule has 2 aromatic rings. The topological polar surface area (TPSA) is 36.6 Å². The molecule has 0 saturated carbocycles. The van der Waals surface area contributed by atoms with Gasteiger partial charge in [-0.05, 0) is 37.1 Å². The van der Waals surface area contributed by atoms with Crippen LogP contribution < -0.4 is 0 Å². The van der Waals surface area contributed by atoms with Crippen LogP contribution >= 0.6 is 15.9 Å². The van der Waals surface area contributed by atoms with Crippen molar-refractivity contribution in [3.05, 3.63) is 46.6 Å². The number of hydrogen-bond acceptors (Lipinski definition) is 3. The largest absolute Gasteiger partial charge is 0.460 e. The molecule has 0 spiro atoms. The van der Waals surface area contributed by atoms with Crippen molar-refractivity contribution >= 4 is 15.9 Å². The van der Waals surface area contributed by atoms with Gasteiger partial charge < -0.3 is 9.52 Å². The zero-order valence-corrected chi connectivity index (χ0v) is 12.8. The second-order valence-electron chi connectivity index (χ2n) is 5.28. The summed E-state index contributed by atoms with van der Waals surface area (Å²) < 4.78 is 6.98. The van der Waals surface area contributed by atoms with Gasteiger partial charge in [-0.3, -0.25) is 4.90 Å². The fraction of sp³-hybridized carbons (Fsp3) is 0.375. The van der Waals surface area contributed by atoms with E-state index in [9.17, 15) is 5.11 Å². The molecule has 0 bridgehead atoms. The average Bonchev–Trinajstić information content (AvgIpc) is 2.90. The number of hydrogen-bond donors (Lipinski definition) is 1. The van der Waals surface area contributed by atoms with Crippen LogP contribution in [-0.2, 0) is 6.54 Å².